The first-order valence-corrected chi connectivity index (χ1v) is 8.73. The molecule has 1 heterocycles. The van der Waals surface area contributed by atoms with Crippen molar-refractivity contribution in [2.75, 3.05) is 13.6 Å². The number of nitrogens with zero attached hydrogens (tertiary/aromatic N) is 2. The molecule has 3 nitrogen and oxygen atoms in total. The van der Waals surface area contributed by atoms with Crippen LogP contribution in [0.1, 0.15) is 49.6 Å². The van der Waals surface area contributed by atoms with Crippen LogP contribution >= 0.6 is 11.3 Å². The van der Waals surface area contributed by atoms with E-state index < -0.39 is 0 Å². The van der Waals surface area contributed by atoms with Crippen molar-refractivity contribution >= 4 is 11.3 Å². The quantitative estimate of drug-likeness (QED) is 0.873. The third-order valence-corrected chi connectivity index (χ3v) is 5.47. The van der Waals surface area contributed by atoms with Crippen LogP contribution in [0.4, 0.5) is 0 Å². The number of thiazole rings is 1. The number of aryl methyl sites for hydroxylation is 1. The van der Waals surface area contributed by atoms with Gasteiger partial charge in [0.1, 0.15) is 0 Å². The van der Waals surface area contributed by atoms with Crippen molar-refractivity contribution in [1.29, 1.82) is 0 Å². The van der Waals surface area contributed by atoms with Gasteiger partial charge in [-0.15, -0.1) is 11.3 Å². The second-order valence-corrected chi connectivity index (χ2v) is 7.29. The zero-order valence-electron chi connectivity index (χ0n) is 13.0. The molecule has 4 heteroatoms. The molecule has 0 spiro atoms. The van der Waals surface area contributed by atoms with Crippen LogP contribution < -0.4 is 0 Å². The Morgan fingerprint density at radius 1 is 1.45 bits per heavy atom. The maximum absolute atomic E-state index is 10.2. The molecule has 0 aromatic carbocycles. The topological polar surface area (TPSA) is 36.4 Å². The molecule has 1 aromatic heterocycles. The maximum Gasteiger partial charge on any atom is 0.0798 e. The van der Waals surface area contributed by atoms with Gasteiger partial charge in [-0.25, -0.2) is 4.98 Å². The number of rotatable bonds is 6. The number of aliphatic hydroxyl groups is 1. The van der Waals surface area contributed by atoms with Crippen LogP contribution in [-0.4, -0.2) is 34.7 Å². The molecule has 0 saturated heterocycles. The summed E-state index contributed by atoms with van der Waals surface area (Å²) in [5.74, 6) is 1.27. The largest absolute Gasteiger partial charge is 0.393 e. The van der Waals surface area contributed by atoms with Crippen molar-refractivity contribution in [1.82, 2.24) is 9.88 Å². The lowest BCUT2D eigenvalue weighted by molar-refractivity contribution is 0.0289. The lowest BCUT2D eigenvalue weighted by atomic mass is 9.77. The van der Waals surface area contributed by atoms with E-state index in [-0.39, 0.29) is 6.10 Å². The normalized spacial score (nSPS) is 27.1. The van der Waals surface area contributed by atoms with Crippen molar-refractivity contribution in [2.45, 2.75) is 58.6 Å². The molecule has 114 valence electrons. The first kappa shape index (κ1) is 15.9. The summed E-state index contributed by atoms with van der Waals surface area (Å²) >= 11 is 1.73. The Kier molecular flexibility index (Phi) is 6.00. The summed E-state index contributed by atoms with van der Waals surface area (Å²) < 4.78 is 0. The fourth-order valence-electron chi connectivity index (χ4n) is 3.40. The molecule has 0 radical (unpaired) electrons. The molecule has 1 N–H and O–H groups in total. The van der Waals surface area contributed by atoms with E-state index in [1.807, 2.05) is 5.51 Å². The molecule has 1 aliphatic carbocycles. The van der Waals surface area contributed by atoms with E-state index in [2.05, 4.69) is 30.8 Å². The Morgan fingerprint density at radius 2 is 2.25 bits per heavy atom. The highest BCUT2D eigenvalue weighted by molar-refractivity contribution is 7.09. The SMILES string of the molecule is CCCC1CCC(O)C(CN(C)Cc2scnc2C)C1. The summed E-state index contributed by atoms with van der Waals surface area (Å²) in [5, 5.41) is 10.2. The monoisotopic (exact) mass is 296 g/mol. The van der Waals surface area contributed by atoms with Crippen LogP contribution in [0.15, 0.2) is 5.51 Å². The van der Waals surface area contributed by atoms with Crippen LogP contribution in [0, 0.1) is 18.8 Å². The molecular weight excluding hydrogens is 268 g/mol. The maximum atomic E-state index is 10.2. The fraction of sp³-hybridized carbons (Fsp3) is 0.812. The third kappa shape index (κ3) is 4.27. The van der Waals surface area contributed by atoms with Crippen molar-refractivity contribution < 1.29 is 5.11 Å². The van der Waals surface area contributed by atoms with Crippen molar-refractivity contribution in [3.05, 3.63) is 16.1 Å². The van der Waals surface area contributed by atoms with Crippen LogP contribution in [0.3, 0.4) is 0 Å². The highest BCUT2D eigenvalue weighted by Gasteiger charge is 2.29. The van der Waals surface area contributed by atoms with Crippen LogP contribution in [0.5, 0.6) is 0 Å². The second-order valence-electron chi connectivity index (χ2n) is 6.35. The van der Waals surface area contributed by atoms with Gasteiger partial charge in [0.05, 0.1) is 17.3 Å². The molecule has 20 heavy (non-hydrogen) atoms. The van der Waals surface area contributed by atoms with Gasteiger partial charge in [0, 0.05) is 18.0 Å². The van der Waals surface area contributed by atoms with Gasteiger partial charge in [0.15, 0.2) is 0 Å². The van der Waals surface area contributed by atoms with Crippen molar-refractivity contribution in [2.24, 2.45) is 11.8 Å². The minimum Gasteiger partial charge on any atom is -0.393 e. The van der Waals surface area contributed by atoms with Gasteiger partial charge < -0.3 is 10.0 Å². The first-order valence-electron chi connectivity index (χ1n) is 7.85. The Balaban J connectivity index is 1.85. The van der Waals surface area contributed by atoms with Gasteiger partial charge >= 0.3 is 0 Å². The van der Waals surface area contributed by atoms with Gasteiger partial charge in [-0.2, -0.15) is 0 Å². The minimum absolute atomic E-state index is 0.104. The molecule has 3 atom stereocenters. The predicted octanol–water partition coefficient (Wildman–Crippen LogP) is 3.46. The Bertz CT molecular complexity index is 407. The van der Waals surface area contributed by atoms with Gasteiger partial charge in [-0.05, 0) is 45.1 Å². The fourth-order valence-corrected chi connectivity index (χ4v) is 4.26. The zero-order valence-corrected chi connectivity index (χ0v) is 13.8. The highest BCUT2D eigenvalue weighted by Crippen LogP contribution is 2.32. The van der Waals surface area contributed by atoms with Crippen molar-refractivity contribution in [3.8, 4) is 0 Å². The van der Waals surface area contributed by atoms with E-state index in [0.717, 1.165) is 31.1 Å². The molecule has 3 unspecified atom stereocenters. The Hall–Kier alpha value is -0.450. The average Bonchev–Trinajstić information content (AvgIpc) is 2.79. The number of aliphatic hydroxyl groups excluding tert-OH is 1. The Morgan fingerprint density at radius 3 is 2.90 bits per heavy atom. The Labute approximate surface area is 127 Å². The number of aromatic nitrogens is 1. The highest BCUT2D eigenvalue weighted by atomic mass is 32.1. The standard InChI is InChI=1S/C16H28N2OS/c1-4-5-13-6-7-15(19)14(8-13)9-18(3)10-16-12(2)17-11-20-16/h11,13-15,19H,4-10H2,1-3H3. The molecule has 0 aliphatic heterocycles. The van der Waals surface area contributed by atoms with Crippen LogP contribution in [0.25, 0.3) is 0 Å². The smallest absolute Gasteiger partial charge is 0.0798 e. The summed E-state index contributed by atoms with van der Waals surface area (Å²) in [7, 11) is 2.16. The van der Waals surface area contributed by atoms with E-state index in [1.54, 1.807) is 11.3 Å². The molecule has 1 aliphatic rings. The first-order chi connectivity index (χ1) is 9.60. The second kappa shape index (κ2) is 7.53. The minimum atomic E-state index is -0.104. The lowest BCUT2D eigenvalue weighted by Crippen LogP contribution is -2.37. The molecule has 1 saturated carbocycles. The summed E-state index contributed by atoms with van der Waals surface area (Å²) in [4.78, 5) is 8.01. The number of hydrogen-bond acceptors (Lipinski definition) is 4. The van der Waals surface area contributed by atoms with E-state index in [0.29, 0.717) is 5.92 Å². The predicted molar refractivity (Wildman–Crippen MR) is 84.9 cm³/mol. The van der Waals surface area contributed by atoms with E-state index in [9.17, 15) is 5.11 Å². The van der Waals surface area contributed by atoms with E-state index in [1.165, 1.54) is 30.6 Å². The van der Waals surface area contributed by atoms with Gasteiger partial charge in [0.25, 0.3) is 0 Å². The van der Waals surface area contributed by atoms with Crippen LogP contribution in [-0.2, 0) is 6.54 Å². The van der Waals surface area contributed by atoms with Gasteiger partial charge in [0.2, 0.25) is 0 Å². The summed E-state index contributed by atoms with van der Waals surface area (Å²) in [6, 6.07) is 0. The van der Waals surface area contributed by atoms with E-state index >= 15 is 0 Å². The van der Waals surface area contributed by atoms with E-state index in [4.69, 9.17) is 0 Å². The summed E-state index contributed by atoms with van der Waals surface area (Å²) in [6.45, 7) is 6.29. The zero-order chi connectivity index (χ0) is 14.5. The van der Waals surface area contributed by atoms with Gasteiger partial charge in [-0.3, -0.25) is 0 Å². The summed E-state index contributed by atoms with van der Waals surface area (Å²) in [6.07, 6.45) is 5.88. The van der Waals surface area contributed by atoms with Gasteiger partial charge in [-0.1, -0.05) is 19.8 Å². The summed E-state index contributed by atoms with van der Waals surface area (Å²) in [5.41, 5.74) is 3.07. The van der Waals surface area contributed by atoms with Crippen LogP contribution in [0.2, 0.25) is 0 Å². The molecule has 1 aromatic rings. The molecule has 1 fully saturated rings. The average molecular weight is 296 g/mol. The lowest BCUT2D eigenvalue weighted by Gasteiger charge is -2.35. The number of hydrogen-bond donors (Lipinski definition) is 1. The molecular formula is C16H28N2OS. The molecule has 2 rings (SSSR count). The third-order valence-electron chi connectivity index (χ3n) is 4.55. The van der Waals surface area contributed by atoms with Crippen molar-refractivity contribution in [3.63, 3.8) is 0 Å². The molecule has 0 bridgehead atoms. The molecule has 0 amide bonds.